The van der Waals surface area contributed by atoms with Gasteiger partial charge >= 0.3 is 6.09 Å². The van der Waals surface area contributed by atoms with Crippen LogP contribution in [0.3, 0.4) is 0 Å². The highest BCUT2D eigenvalue weighted by molar-refractivity contribution is 5.68. The van der Waals surface area contributed by atoms with Crippen molar-refractivity contribution in [3.05, 3.63) is 11.6 Å². The predicted octanol–water partition coefficient (Wildman–Crippen LogP) is 0.820. The summed E-state index contributed by atoms with van der Waals surface area (Å²) < 4.78 is 5.40. The topological polar surface area (TPSA) is 65.0 Å². The van der Waals surface area contributed by atoms with Gasteiger partial charge in [-0.15, -0.1) is 0 Å². The number of aliphatic hydroxyl groups excluding tert-OH is 1. The summed E-state index contributed by atoms with van der Waals surface area (Å²) in [6.07, 6.45) is 2.39. The van der Waals surface area contributed by atoms with E-state index in [1.807, 2.05) is 20.8 Å². The Morgan fingerprint density at radius 3 is 2.64 bits per heavy atom. The van der Waals surface area contributed by atoms with E-state index in [4.69, 9.17) is 4.74 Å². The molecule has 1 unspecified atom stereocenters. The molecule has 126 valence electrons. The molecule has 2 rings (SSSR count). The maximum absolute atomic E-state index is 12.0. The molecule has 0 radical (unpaired) electrons. The van der Waals surface area contributed by atoms with Crippen molar-refractivity contribution in [3.8, 4) is 0 Å². The normalized spacial score (nSPS) is 26.3. The second kappa shape index (κ2) is 7.44. The van der Waals surface area contributed by atoms with Crippen molar-refractivity contribution in [1.82, 2.24) is 15.1 Å². The molecular formula is C16H29N3O3. The molecule has 0 aromatic carbocycles. The molecule has 6 heteroatoms. The van der Waals surface area contributed by atoms with E-state index in [0.29, 0.717) is 13.1 Å². The fourth-order valence-corrected chi connectivity index (χ4v) is 2.67. The Bertz CT molecular complexity index is 409. The maximum Gasteiger partial charge on any atom is 0.410 e. The van der Waals surface area contributed by atoms with Crippen molar-refractivity contribution < 1.29 is 14.6 Å². The van der Waals surface area contributed by atoms with Gasteiger partial charge in [0, 0.05) is 39.3 Å². The Labute approximate surface area is 133 Å². The molecule has 2 heterocycles. The first-order valence-electron chi connectivity index (χ1n) is 8.13. The molecule has 2 saturated heterocycles. The monoisotopic (exact) mass is 311 g/mol. The van der Waals surface area contributed by atoms with Crippen LogP contribution < -0.4 is 5.32 Å². The highest BCUT2D eigenvalue weighted by Gasteiger charge is 2.25. The van der Waals surface area contributed by atoms with Crippen LogP contribution in [-0.4, -0.2) is 78.5 Å². The van der Waals surface area contributed by atoms with Gasteiger partial charge in [0.15, 0.2) is 0 Å². The Balaban J connectivity index is 1.75. The minimum absolute atomic E-state index is 0.225. The molecule has 0 aromatic rings. The number of carbonyl (C=O) groups excluding carboxylic acids is 1. The van der Waals surface area contributed by atoms with Crippen LogP contribution in [0, 0.1) is 0 Å². The minimum atomic E-state index is -0.442. The van der Waals surface area contributed by atoms with Crippen LogP contribution in [0.5, 0.6) is 0 Å². The fourth-order valence-electron chi connectivity index (χ4n) is 2.67. The first-order chi connectivity index (χ1) is 10.3. The SMILES string of the molecule is CC(C)(C)OC(=O)N1CCN(C/C=C2\CNCCC2O)CC1. The van der Waals surface area contributed by atoms with Gasteiger partial charge in [-0.3, -0.25) is 4.90 Å². The molecule has 22 heavy (non-hydrogen) atoms. The lowest BCUT2D eigenvalue weighted by atomic mass is 10.0. The van der Waals surface area contributed by atoms with Crippen molar-refractivity contribution in [2.75, 3.05) is 45.8 Å². The summed E-state index contributed by atoms with van der Waals surface area (Å²) in [5.41, 5.74) is 0.642. The first-order valence-corrected chi connectivity index (χ1v) is 8.13. The smallest absolute Gasteiger partial charge is 0.410 e. The number of piperidine rings is 1. The van der Waals surface area contributed by atoms with Gasteiger partial charge in [-0.1, -0.05) is 6.08 Å². The van der Waals surface area contributed by atoms with Gasteiger partial charge in [-0.05, 0) is 39.3 Å². The molecular weight excluding hydrogens is 282 g/mol. The number of carbonyl (C=O) groups is 1. The van der Waals surface area contributed by atoms with Crippen LogP contribution in [0.1, 0.15) is 27.2 Å². The number of amides is 1. The van der Waals surface area contributed by atoms with Crippen LogP contribution in [0.15, 0.2) is 11.6 Å². The fraction of sp³-hybridized carbons (Fsp3) is 0.812. The average Bonchev–Trinajstić information content (AvgIpc) is 2.45. The quantitative estimate of drug-likeness (QED) is 0.739. The lowest BCUT2D eigenvalue weighted by Gasteiger charge is -2.35. The van der Waals surface area contributed by atoms with Gasteiger partial charge in [0.1, 0.15) is 5.60 Å². The molecule has 0 aromatic heterocycles. The van der Waals surface area contributed by atoms with Crippen LogP contribution in [0.2, 0.25) is 0 Å². The summed E-state index contributed by atoms with van der Waals surface area (Å²) in [6.45, 7) is 11.2. The van der Waals surface area contributed by atoms with Crippen LogP contribution >= 0.6 is 0 Å². The maximum atomic E-state index is 12.0. The zero-order valence-corrected chi connectivity index (χ0v) is 14.0. The third-order valence-corrected chi connectivity index (χ3v) is 3.99. The zero-order valence-electron chi connectivity index (χ0n) is 14.0. The highest BCUT2D eigenvalue weighted by Crippen LogP contribution is 2.13. The zero-order chi connectivity index (χ0) is 16.2. The average molecular weight is 311 g/mol. The van der Waals surface area contributed by atoms with Gasteiger partial charge in [0.05, 0.1) is 6.10 Å². The molecule has 2 aliphatic rings. The first kappa shape index (κ1) is 17.2. The molecule has 0 saturated carbocycles. The highest BCUT2D eigenvalue weighted by atomic mass is 16.6. The number of rotatable bonds is 2. The molecule has 0 bridgehead atoms. The van der Waals surface area contributed by atoms with E-state index in [0.717, 1.165) is 44.7 Å². The van der Waals surface area contributed by atoms with E-state index < -0.39 is 5.60 Å². The van der Waals surface area contributed by atoms with Crippen molar-refractivity contribution in [1.29, 1.82) is 0 Å². The molecule has 0 aliphatic carbocycles. The number of hydrogen-bond donors (Lipinski definition) is 2. The molecule has 2 aliphatic heterocycles. The van der Waals surface area contributed by atoms with Gasteiger partial charge < -0.3 is 20.1 Å². The Morgan fingerprint density at radius 1 is 1.36 bits per heavy atom. The molecule has 1 amide bonds. The van der Waals surface area contributed by atoms with Crippen molar-refractivity contribution in [3.63, 3.8) is 0 Å². The summed E-state index contributed by atoms with van der Waals surface area (Å²) in [4.78, 5) is 16.1. The van der Waals surface area contributed by atoms with Gasteiger partial charge in [0.25, 0.3) is 0 Å². The van der Waals surface area contributed by atoms with E-state index in [9.17, 15) is 9.90 Å². The van der Waals surface area contributed by atoms with E-state index in [1.165, 1.54) is 0 Å². The van der Waals surface area contributed by atoms with E-state index in [2.05, 4.69) is 16.3 Å². The number of nitrogens with one attached hydrogen (secondary N) is 1. The molecule has 1 atom stereocenters. The van der Waals surface area contributed by atoms with Crippen molar-refractivity contribution in [2.45, 2.75) is 38.9 Å². The number of piperazine rings is 1. The van der Waals surface area contributed by atoms with Crippen molar-refractivity contribution >= 4 is 6.09 Å². The second-order valence-electron chi connectivity index (χ2n) is 7.03. The van der Waals surface area contributed by atoms with Crippen LogP contribution in [0.4, 0.5) is 4.79 Å². The minimum Gasteiger partial charge on any atom is -0.444 e. The molecule has 0 spiro atoms. The predicted molar refractivity (Wildman–Crippen MR) is 85.8 cm³/mol. The third-order valence-electron chi connectivity index (χ3n) is 3.99. The van der Waals surface area contributed by atoms with Crippen LogP contribution in [0.25, 0.3) is 0 Å². The third kappa shape index (κ3) is 5.26. The largest absolute Gasteiger partial charge is 0.444 e. The molecule has 6 nitrogen and oxygen atoms in total. The van der Waals surface area contributed by atoms with E-state index in [-0.39, 0.29) is 12.2 Å². The lowest BCUT2D eigenvalue weighted by molar-refractivity contribution is 0.0154. The van der Waals surface area contributed by atoms with Gasteiger partial charge in [-0.2, -0.15) is 0 Å². The van der Waals surface area contributed by atoms with Gasteiger partial charge in [-0.25, -0.2) is 4.79 Å². The Hall–Kier alpha value is -1.11. The van der Waals surface area contributed by atoms with Gasteiger partial charge in [0.2, 0.25) is 0 Å². The molecule has 2 N–H and O–H groups in total. The standard InChI is InChI=1S/C16H29N3O3/c1-16(2,3)22-15(21)19-10-8-18(9-11-19)7-5-13-12-17-6-4-14(13)20/h5,14,17,20H,4,6-12H2,1-3H3/b13-5+. The Kier molecular flexibility index (Phi) is 5.83. The lowest BCUT2D eigenvalue weighted by Crippen LogP contribution is -2.50. The number of ether oxygens (including phenoxy) is 1. The summed E-state index contributed by atoms with van der Waals surface area (Å²) >= 11 is 0. The second-order valence-corrected chi connectivity index (χ2v) is 7.03. The Morgan fingerprint density at radius 2 is 2.05 bits per heavy atom. The van der Waals surface area contributed by atoms with Crippen LogP contribution in [-0.2, 0) is 4.74 Å². The van der Waals surface area contributed by atoms with E-state index in [1.54, 1.807) is 4.90 Å². The summed E-state index contributed by atoms with van der Waals surface area (Å²) in [5, 5.41) is 13.2. The number of aliphatic hydroxyl groups is 1. The summed E-state index contributed by atoms with van der Waals surface area (Å²) in [7, 11) is 0. The summed E-state index contributed by atoms with van der Waals surface area (Å²) in [6, 6.07) is 0. The number of nitrogens with zero attached hydrogens (tertiary/aromatic N) is 2. The molecule has 2 fully saturated rings. The number of hydrogen-bond acceptors (Lipinski definition) is 5. The van der Waals surface area contributed by atoms with Crippen molar-refractivity contribution in [2.24, 2.45) is 0 Å². The van der Waals surface area contributed by atoms with E-state index >= 15 is 0 Å². The summed E-state index contributed by atoms with van der Waals surface area (Å²) in [5.74, 6) is 0.